The molecule has 157 valence electrons. The number of benzene rings is 1. The topological polar surface area (TPSA) is 88.9 Å². The fourth-order valence-electron chi connectivity index (χ4n) is 4.49. The molecule has 1 fully saturated rings. The zero-order valence-corrected chi connectivity index (χ0v) is 19.7. The third kappa shape index (κ3) is 3.31. The van der Waals surface area contributed by atoms with Gasteiger partial charge in [0, 0.05) is 0 Å². The Bertz CT molecular complexity index is 986. The van der Waals surface area contributed by atoms with E-state index in [1.807, 2.05) is 6.07 Å². The fraction of sp³-hybridized carbons (Fsp3) is 0.450. The Hall–Kier alpha value is -2.33. The number of methoxy groups -OCH3 is 1. The van der Waals surface area contributed by atoms with Crippen molar-refractivity contribution in [3.8, 4) is 0 Å². The van der Waals surface area contributed by atoms with E-state index in [4.69, 9.17) is 9.84 Å². The van der Waals surface area contributed by atoms with Crippen molar-refractivity contribution in [2.24, 2.45) is 0 Å². The zero-order chi connectivity index (χ0) is 20.8. The number of nitrogens with zero attached hydrogens (tertiary/aromatic N) is 4. The molecule has 1 aromatic heterocycles. The summed E-state index contributed by atoms with van der Waals surface area (Å²) in [7, 11) is 1.31. The number of anilines is 2. The molecule has 30 heavy (non-hydrogen) atoms. The Balaban J connectivity index is 1.31. The van der Waals surface area contributed by atoms with Crippen LogP contribution in [0.1, 0.15) is 16.8 Å². The third-order valence-corrected chi connectivity index (χ3v) is 6.62. The molecule has 0 bridgehead atoms. The van der Waals surface area contributed by atoms with Gasteiger partial charge >= 0.3 is 146 Å². The zero-order valence-electron chi connectivity index (χ0n) is 16.5. The molecule has 1 N–H and O–H groups in total. The van der Waals surface area contributed by atoms with Crippen molar-refractivity contribution >= 4 is 48.6 Å². The molecule has 2 aromatic rings. The monoisotopic (exact) mass is 605 g/mol. The molecule has 2 amide bonds. The van der Waals surface area contributed by atoms with Crippen molar-refractivity contribution in [3.63, 3.8) is 0 Å². The summed E-state index contributed by atoms with van der Waals surface area (Å²) in [6.45, 7) is 2.88. The molecule has 9 nitrogen and oxygen atoms in total. The molecule has 2 atom stereocenters. The minimum absolute atomic E-state index is 0.116. The Morgan fingerprint density at radius 3 is 3.00 bits per heavy atom. The van der Waals surface area contributed by atoms with Gasteiger partial charge in [-0.15, -0.1) is 0 Å². The maximum atomic E-state index is 12.4. The number of aryl methyl sites for hydroxylation is 1. The maximum absolute atomic E-state index is 12.4. The minimum atomic E-state index is -0.530. The summed E-state index contributed by atoms with van der Waals surface area (Å²) in [5.74, 6) is 0. The van der Waals surface area contributed by atoms with Crippen LogP contribution in [0.5, 0.6) is 0 Å². The van der Waals surface area contributed by atoms with Gasteiger partial charge in [-0.25, -0.2) is 9.59 Å². The van der Waals surface area contributed by atoms with Crippen LogP contribution in [0.4, 0.5) is 21.0 Å². The number of ether oxygens (including phenoxy) is 2. The van der Waals surface area contributed by atoms with Gasteiger partial charge in [-0.2, -0.15) is 0 Å². The van der Waals surface area contributed by atoms with E-state index >= 15 is 0 Å². The molecule has 10 heteroatoms. The van der Waals surface area contributed by atoms with Crippen LogP contribution in [0.25, 0.3) is 0 Å². The number of fused-ring (bicyclic) bond motifs is 4. The molecule has 1 radical (unpaired) electrons. The molecule has 0 spiro atoms. The molecular weight excluding hydrogens is 583 g/mol. The molecule has 3 aliphatic rings. The number of nitrogens with one attached hydrogen (secondary N) is 1. The van der Waals surface area contributed by atoms with Gasteiger partial charge in [-0.1, -0.05) is 0 Å². The van der Waals surface area contributed by atoms with Crippen molar-refractivity contribution in [1.82, 2.24) is 15.1 Å². The van der Waals surface area contributed by atoms with E-state index in [0.29, 0.717) is 6.42 Å². The van der Waals surface area contributed by atoms with Gasteiger partial charge in [0.25, 0.3) is 0 Å². The van der Waals surface area contributed by atoms with Crippen LogP contribution >= 0.6 is 0 Å². The number of rotatable bonds is 5. The summed E-state index contributed by atoms with van der Waals surface area (Å²) in [5, 5.41) is 7.34. The number of hydrogen-bond donors (Lipinski definition) is 1. The standard InChI is InChI=1S/C20H22N5O4.Po/c1-3-24-10-13-9-23(11-15(13)22-24)14-4-5-16-12(6-14)7-17-18(8-21-19(26)28-2)29-20(27)25(16)17;/h4-6,10,17-18H,1,3,7-9,11H2,2H3,(H,21,26);/t17-,18?;/m0./s1. The van der Waals surface area contributed by atoms with Crippen LogP contribution in [0.2, 0.25) is 4.08 Å². The first-order chi connectivity index (χ1) is 14.6. The van der Waals surface area contributed by atoms with Gasteiger partial charge in [-0.05, 0) is 0 Å². The van der Waals surface area contributed by atoms with Crippen LogP contribution in [0.3, 0.4) is 0 Å². The molecule has 1 aromatic carbocycles. The molecule has 1 saturated heterocycles. The first-order valence-corrected chi connectivity index (χ1v) is 12.1. The Morgan fingerprint density at radius 2 is 2.23 bits per heavy atom. The Labute approximate surface area is 189 Å². The molecule has 3 aliphatic heterocycles. The quantitative estimate of drug-likeness (QED) is 0.558. The number of aromatic nitrogens is 2. The van der Waals surface area contributed by atoms with E-state index in [0.717, 1.165) is 46.3 Å². The predicted molar refractivity (Wildman–Crippen MR) is 110 cm³/mol. The number of hydrogen-bond acceptors (Lipinski definition) is 6. The van der Waals surface area contributed by atoms with E-state index in [1.54, 1.807) is 30.0 Å². The van der Waals surface area contributed by atoms with E-state index in [2.05, 4.69) is 38.0 Å². The van der Waals surface area contributed by atoms with Gasteiger partial charge in [0.1, 0.15) is 6.10 Å². The predicted octanol–water partition coefficient (Wildman–Crippen LogP) is 1.60. The van der Waals surface area contributed by atoms with Gasteiger partial charge in [0.2, 0.25) is 0 Å². The SMILES string of the molecule is COC(=O)NCC1OC(=O)N2c3ccc(N4Cc5cn(C[CH2][Po])nc5C4)cc3C[C@@H]12. The Kier molecular flexibility index (Phi) is 5.06. The van der Waals surface area contributed by atoms with Crippen LogP contribution in [0, 0.1) is 0 Å². The first-order valence-electron chi connectivity index (χ1n) is 9.90. The molecular formula is C20H22N5O4Po. The van der Waals surface area contributed by atoms with Gasteiger partial charge in [0.15, 0.2) is 0 Å². The van der Waals surface area contributed by atoms with Crippen molar-refractivity contribution in [2.45, 2.75) is 42.3 Å². The number of cyclic esters (lactones) is 1. The van der Waals surface area contributed by atoms with Crippen LogP contribution in [-0.4, -0.2) is 72.8 Å². The van der Waals surface area contributed by atoms with E-state index in [1.165, 1.54) is 12.7 Å². The number of alkyl carbamates (subject to hydrolysis) is 1. The normalized spacial score (nSPS) is 21.3. The average molecular weight is 605 g/mol. The average Bonchev–Trinajstić information content (AvgIpc) is 3.46. The van der Waals surface area contributed by atoms with Crippen LogP contribution < -0.4 is 15.1 Å². The number of carbonyl (C=O) groups is 2. The van der Waals surface area contributed by atoms with E-state index < -0.39 is 12.2 Å². The van der Waals surface area contributed by atoms with Gasteiger partial charge in [-0.3, -0.25) is 0 Å². The second kappa shape index (κ2) is 7.73. The molecule has 4 heterocycles. The molecule has 1 unspecified atom stereocenters. The summed E-state index contributed by atoms with van der Waals surface area (Å²) >= 11 is 1.58. The number of amides is 2. The van der Waals surface area contributed by atoms with Gasteiger partial charge < -0.3 is 14.8 Å². The van der Waals surface area contributed by atoms with E-state index in [-0.39, 0.29) is 18.7 Å². The summed E-state index contributed by atoms with van der Waals surface area (Å²) in [6.07, 6.45) is 1.57. The van der Waals surface area contributed by atoms with Crippen LogP contribution in [-0.2, 0) is 35.5 Å². The molecule has 0 saturated carbocycles. The second-order valence-electron chi connectivity index (χ2n) is 7.67. The van der Waals surface area contributed by atoms with Gasteiger partial charge in [0.05, 0.1) is 13.7 Å². The third-order valence-electron chi connectivity index (χ3n) is 5.91. The summed E-state index contributed by atoms with van der Waals surface area (Å²) < 4.78 is 13.3. The Morgan fingerprint density at radius 1 is 1.37 bits per heavy atom. The molecule has 5 rings (SSSR count). The van der Waals surface area contributed by atoms with Crippen LogP contribution in [0.15, 0.2) is 24.4 Å². The van der Waals surface area contributed by atoms with Crippen molar-refractivity contribution in [3.05, 3.63) is 41.2 Å². The summed E-state index contributed by atoms with van der Waals surface area (Å²) in [6, 6.07) is 6.11. The van der Waals surface area contributed by atoms with Crippen molar-refractivity contribution < 1.29 is 19.1 Å². The number of carbonyl (C=O) groups excluding carboxylic acids is 2. The summed E-state index contributed by atoms with van der Waals surface area (Å²) in [5.41, 5.74) is 5.59. The summed E-state index contributed by atoms with van der Waals surface area (Å²) in [4.78, 5) is 27.8. The molecule has 0 aliphatic carbocycles. The van der Waals surface area contributed by atoms with Crippen molar-refractivity contribution in [1.29, 1.82) is 0 Å². The second-order valence-corrected chi connectivity index (χ2v) is 9.26. The fourth-order valence-corrected chi connectivity index (χ4v) is 5.22. The first kappa shape index (κ1) is 19.6. The van der Waals surface area contributed by atoms with Crippen molar-refractivity contribution in [2.75, 3.05) is 23.5 Å². The van der Waals surface area contributed by atoms with E-state index in [9.17, 15) is 9.59 Å².